The van der Waals surface area contributed by atoms with E-state index in [1.54, 1.807) is 24.0 Å². The maximum Gasteiger partial charge on any atom is 0.309 e. The third kappa shape index (κ3) is 6.41. The number of hydrogen-bond donors (Lipinski definition) is 0. The Morgan fingerprint density at radius 1 is 1.26 bits per heavy atom. The van der Waals surface area contributed by atoms with E-state index in [9.17, 15) is 9.59 Å². The molecule has 27 heavy (non-hydrogen) atoms. The molecule has 5 nitrogen and oxygen atoms in total. The summed E-state index contributed by atoms with van der Waals surface area (Å²) in [5.41, 5.74) is 1.69. The lowest BCUT2D eigenvalue weighted by Crippen LogP contribution is -2.40. The zero-order valence-corrected chi connectivity index (χ0v) is 17.2. The minimum absolute atomic E-state index is 0.112. The smallest absolute Gasteiger partial charge is 0.309 e. The van der Waals surface area contributed by atoms with E-state index in [1.165, 1.54) is 11.8 Å². The van der Waals surface area contributed by atoms with Crippen LogP contribution in [0.1, 0.15) is 25.8 Å². The zero-order valence-electron chi connectivity index (χ0n) is 15.6. The van der Waals surface area contributed by atoms with Crippen molar-refractivity contribution in [3.05, 3.63) is 51.9 Å². The highest BCUT2D eigenvalue weighted by Crippen LogP contribution is 2.37. The van der Waals surface area contributed by atoms with Gasteiger partial charge in [-0.3, -0.25) is 9.59 Å². The highest BCUT2D eigenvalue weighted by molar-refractivity contribution is 8.12. The fraction of sp³-hybridized carbons (Fsp3) is 0.400. The monoisotopic (exact) mass is 409 g/mol. The second-order valence-electron chi connectivity index (χ2n) is 6.03. The quantitative estimate of drug-likeness (QED) is 0.500. The van der Waals surface area contributed by atoms with Crippen molar-refractivity contribution in [3.8, 4) is 0 Å². The van der Waals surface area contributed by atoms with Crippen LogP contribution in [0.4, 0.5) is 0 Å². The summed E-state index contributed by atoms with van der Waals surface area (Å²) < 4.78 is 10.3. The number of amides is 1. The Morgan fingerprint density at radius 2 is 1.89 bits per heavy atom. The van der Waals surface area contributed by atoms with Gasteiger partial charge in [0.05, 0.1) is 31.1 Å². The Bertz CT molecular complexity index is 724. The molecular formula is C20H24ClNO4S. The van der Waals surface area contributed by atoms with Gasteiger partial charge in [-0.25, -0.2) is 0 Å². The van der Waals surface area contributed by atoms with Gasteiger partial charge >= 0.3 is 5.97 Å². The summed E-state index contributed by atoms with van der Waals surface area (Å²) >= 11 is 7.27. The Labute approximate surface area is 169 Å². The average Bonchev–Trinajstić information content (AvgIpc) is 2.67. The van der Waals surface area contributed by atoms with Crippen LogP contribution in [-0.4, -0.2) is 49.7 Å². The molecule has 1 amide bonds. The number of benzene rings is 1. The normalized spacial score (nSPS) is 15.1. The first kappa shape index (κ1) is 21.5. The Balaban J connectivity index is 2.23. The summed E-state index contributed by atoms with van der Waals surface area (Å²) in [7, 11) is 0. The zero-order chi connectivity index (χ0) is 19.8. The topological polar surface area (TPSA) is 55.8 Å². The van der Waals surface area contributed by atoms with Crippen LogP contribution < -0.4 is 0 Å². The maximum absolute atomic E-state index is 12.7. The lowest BCUT2D eigenvalue weighted by Gasteiger charge is -2.27. The summed E-state index contributed by atoms with van der Waals surface area (Å²) in [5.74, 6) is -0.411. The molecule has 1 aliphatic heterocycles. The van der Waals surface area contributed by atoms with Crippen molar-refractivity contribution in [3.63, 3.8) is 0 Å². The maximum atomic E-state index is 12.7. The van der Waals surface area contributed by atoms with Crippen LogP contribution in [0, 0.1) is 0 Å². The summed E-state index contributed by atoms with van der Waals surface area (Å²) in [6, 6.07) is 7.29. The van der Waals surface area contributed by atoms with Crippen LogP contribution in [0.3, 0.4) is 0 Å². The molecule has 1 heterocycles. The first-order chi connectivity index (χ1) is 12.9. The van der Waals surface area contributed by atoms with Gasteiger partial charge in [-0.15, -0.1) is 0 Å². The molecule has 2 rings (SSSR count). The van der Waals surface area contributed by atoms with E-state index >= 15 is 0 Å². The second-order valence-corrected chi connectivity index (χ2v) is 7.57. The third-order valence-corrected chi connectivity index (χ3v) is 5.43. The SMILES string of the molecule is C=C(SC(=C(C)CC(=O)OCC)c1ccc(Cl)cc1)C(=O)N1CCOCC1. The largest absolute Gasteiger partial charge is 0.466 e. The number of esters is 1. The third-order valence-electron chi connectivity index (χ3n) is 3.97. The molecule has 1 aliphatic rings. The van der Waals surface area contributed by atoms with Gasteiger partial charge < -0.3 is 14.4 Å². The highest BCUT2D eigenvalue weighted by Gasteiger charge is 2.22. The Kier molecular flexibility index (Phi) is 8.41. The molecule has 1 saturated heterocycles. The molecule has 1 fully saturated rings. The Morgan fingerprint density at radius 3 is 2.48 bits per heavy atom. The molecule has 0 aliphatic carbocycles. The molecule has 0 N–H and O–H groups in total. The molecule has 0 spiro atoms. The molecule has 0 aromatic heterocycles. The number of nitrogens with zero attached hydrogens (tertiary/aromatic N) is 1. The molecular weight excluding hydrogens is 386 g/mol. The minimum atomic E-state index is -0.299. The van der Waals surface area contributed by atoms with E-state index in [-0.39, 0.29) is 18.3 Å². The molecule has 0 atom stereocenters. The van der Waals surface area contributed by atoms with Gasteiger partial charge in [0.2, 0.25) is 0 Å². The van der Waals surface area contributed by atoms with Crippen molar-refractivity contribution in [1.29, 1.82) is 0 Å². The lowest BCUT2D eigenvalue weighted by molar-refractivity contribution is -0.142. The van der Waals surface area contributed by atoms with Crippen molar-refractivity contribution < 1.29 is 19.1 Å². The standard InChI is InChI=1S/C20H24ClNO4S/c1-4-26-18(23)13-14(2)19(16-5-7-17(21)8-6-16)27-15(3)20(24)22-9-11-25-12-10-22/h5-8H,3-4,9-13H2,1-2H3. The highest BCUT2D eigenvalue weighted by atomic mass is 35.5. The number of carbonyl (C=O) groups is 2. The van der Waals surface area contributed by atoms with E-state index in [4.69, 9.17) is 21.1 Å². The first-order valence-corrected chi connectivity index (χ1v) is 9.97. The van der Waals surface area contributed by atoms with Crippen molar-refractivity contribution in [1.82, 2.24) is 4.90 Å². The van der Waals surface area contributed by atoms with Gasteiger partial charge in [0.15, 0.2) is 0 Å². The second kappa shape index (κ2) is 10.5. The number of halogens is 1. The van der Waals surface area contributed by atoms with E-state index in [0.29, 0.717) is 42.8 Å². The van der Waals surface area contributed by atoms with Crippen molar-refractivity contribution in [2.45, 2.75) is 20.3 Å². The fourth-order valence-electron chi connectivity index (χ4n) is 2.61. The van der Waals surface area contributed by atoms with Crippen LogP contribution in [-0.2, 0) is 19.1 Å². The van der Waals surface area contributed by atoms with E-state index in [0.717, 1.165) is 16.0 Å². The number of ether oxygens (including phenoxy) is 2. The molecule has 0 radical (unpaired) electrons. The lowest BCUT2D eigenvalue weighted by atomic mass is 10.1. The number of hydrogen-bond acceptors (Lipinski definition) is 5. The predicted octanol–water partition coefficient (Wildman–Crippen LogP) is 4.13. The number of morpholine rings is 1. The van der Waals surface area contributed by atoms with Crippen LogP contribution in [0.2, 0.25) is 5.02 Å². The molecule has 0 saturated carbocycles. The minimum Gasteiger partial charge on any atom is -0.466 e. The number of thioether (sulfide) groups is 1. The van der Waals surface area contributed by atoms with Gasteiger partial charge in [-0.2, -0.15) is 0 Å². The van der Waals surface area contributed by atoms with E-state index < -0.39 is 0 Å². The molecule has 146 valence electrons. The van der Waals surface area contributed by atoms with Gasteiger partial charge in [0.25, 0.3) is 5.91 Å². The number of rotatable bonds is 7. The van der Waals surface area contributed by atoms with Crippen LogP contribution in [0.25, 0.3) is 4.91 Å². The fourth-order valence-corrected chi connectivity index (χ4v) is 3.70. The van der Waals surface area contributed by atoms with E-state index in [2.05, 4.69) is 6.58 Å². The molecule has 1 aromatic rings. The number of carbonyl (C=O) groups excluding carboxylic acids is 2. The molecule has 1 aromatic carbocycles. The summed E-state index contributed by atoms with van der Waals surface area (Å²) in [5, 5.41) is 0.620. The summed E-state index contributed by atoms with van der Waals surface area (Å²) in [6.45, 7) is 10.1. The predicted molar refractivity (Wildman–Crippen MR) is 109 cm³/mol. The van der Waals surface area contributed by atoms with Crippen molar-refractivity contribution in [2.24, 2.45) is 0 Å². The van der Waals surface area contributed by atoms with Gasteiger partial charge in [-0.05, 0) is 37.1 Å². The first-order valence-electron chi connectivity index (χ1n) is 8.77. The van der Waals surface area contributed by atoms with Crippen molar-refractivity contribution in [2.75, 3.05) is 32.9 Å². The van der Waals surface area contributed by atoms with Crippen LogP contribution in [0.15, 0.2) is 41.3 Å². The van der Waals surface area contributed by atoms with Gasteiger partial charge in [0.1, 0.15) is 0 Å². The van der Waals surface area contributed by atoms with Crippen molar-refractivity contribution >= 4 is 40.1 Å². The van der Waals surface area contributed by atoms with Crippen LogP contribution in [0.5, 0.6) is 0 Å². The average molecular weight is 410 g/mol. The molecule has 0 bridgehead atoms. The summed E-state index contributed by atoms with van der Waals surface area (Å²) in [4.78, 5) is 27.5. The summed E-state index contributed by atoms with van der Waals surface area (Å²) in [6.07, 6.45) is 0.151. The van der Waals surface area contributed by atoms with E-state index in [1.807, 2.05) is 19.1 Å². The van der Waals surface area contributed by atoms with Gasteiger partial charge in [0, 0.05) is 23.0 Å². The van der Waals surface area contributed by atoms with Crippen LogP contribution >= 0.6 is 23.4 Å². The molecule has 0 unspecified atom stereocenters. The Hall–Kier alpha value is -1.76. The van der Waals surface area contributed by atoms with Gasteiger partial charge in [-0.1, -0.05) is 42.1 Å². The molecule has 7 heteroatoms.